The molecule has 2 unspecified atom stereocenters. The van der Waals surface area contributed by atoms with Gasteiger partial charge in [-0.3, -0.25) is 0 Å². The molecular formula is C17H24N2O. The zero-order valence-corrected chi connectivity index (χ0v) is 12.7. The lowest BCUT2D eigenvalue weighted by molar-refractivity contribution is 0.0389. The predicted octanol–water partition coefficient (Wildman–Crippen LogP) is 2.98. The summed E-state index contributed by atoms with van der Waals surface area (Å²) in [4.78, 5) is 0. The van der Waals surface area contributed by atoms with E-state index in [1.165, 1.54) is 0 Å². The molecule has 3 nitrogen and oxygen atoms in total. The van der Waals surface area contributed by atoms with Crippen LogP contribution in [0, 0.1) is 5.41 Å². The van der Waals surface area contributed by atoms with Gasteiger partial charge in [0, 0.05) is 12.8 Å². The molecule has 0 aliphatic heterocycles. The van der Waals surface area contributed by atoms with E-state index in [1.807, 2.05) is 24.3 Å². The van der Waals surface area contributed by atoms with Gasteiger partial charge >= 0.3 is 0 Å². The first-order valence-electron chi connectivity index (χ1n) is 6.86. The minimum Gasteiger partial charge on any atom is -0.399 e. The number of methoxy groups -OCH3 is 1. The Bertz CT molecular complexity index is 537. The fraction of sp³-hybridized carbons (Fsp3) is 0.412. The molecule has 0 saturated heterocycles. The molecule has 0 amide bonds. The quantitative estimate of drug-likeness (QED) is 0.814. The standard InChI is InChI=1S/C17H24N2O/c1-16(2,3)17(19)10-9-13(11-15(17)20-4)12-5-7-14(18)8-6-12/h5-11,15H,18-19H2,1-4H3. The van der Waals surface area contributed by atoms with Gasteiger partial charge in [0.15, 0.2) is 0 Å². The molecule has 3 heteroatoms. The van der Waals surface area contributed by atoms with E-state index in [0.717, 1.165) is 16.8 Å². The van der Waals surface area contributed by atoms with E-state index in [9.17, 15) is 0 Å². The van der Waals surface area contributed by atoms with E-state index in [4.69, 9.17) is 16.2 Å². The van der Waals surface area contributed by atoms with Crippen molar-refractivity contribution in [3.8, 4) is 0 Å². The van der Waals surface area contributed by atoms with Crippen molar-refractivity contribution in [2.75, 3.05) is 12.8 Å². The number of anilines is 1. The fourth-order valence-corrected chi connectivity index (χ4v) is 2.49. The van der Waals surface area contributed by atoms with Gasteiger partial charge in [-0.15, -0.1) is 0 Å². The van der Waals surface area contributed by atoms with Gasteiger partial charge in [-0.05, 0) is 34.8 Å². The van der Waals surface area contributed by atoms with Gasteiger partial charge in [-0.25, -0.2) is 0 Å². The van der Waals surface area contributed by atoms with E-state index in [0.29, 0.717) is 0 Å². The largest absolute Gasteiger partial charge is 0.399 e. The van der Waals surface area contributed by atoms with Crippen molar-refractivity contribution in [1.29, 1.82) is 0 Å². The average molecular weight is 272 g/mol. The Morgan fingerprint density at radius 1 is 1.15 bits per heavy atom. The van der Waals surface area contributed by atoms with Crippen LogP contribution in [0.5, 0.6) is 0 Å². The Balaban J connectivity index is 2.38. The molecule has 0 aromatic heterocycles. The fourth-order valence-electron chi connectivity index (χ4n) is 2.49. The molecule has 0 bridgehead atoms. The van der Waals surface area contributed by atoms with E-state index < -0.39 is 5.54 Å². The SMILES string of the molecule is COC1C=C(c2ccc(N)cc2)C=CC1(N)C(C)(C)C. The maximum atomic E-state index is 6.58. The first kappa shape index (κ1) is 14.8. The summed E-state index contributed by atoms with van der Waals surface area (Å²) in [5, 5.41) is 0. The van der Waals surface area contributed by atoms with Crippen LogP contribution in [0.2, 0.25) is 0 Å². The highest BCUT2D eigenvalue weighted by Crippen LogP contribution is 2.38. The van der Waals surface area contributed by atoms with E-state index in [1.54, 1.807) is 7.11 Å². The maximum Gasteiger partial charge on any atom is 0.0981 e. The summed E-state index contributed by atoms with van der Waals surface area (Å²) in [6.45, 7) is 6.39. The summed E-state index contributed by atoms with van der Waals surface area (Å²) < 4.78 is 5.63. The number of nitrogen functional groups attached to an aromatic ring is 1. The molecule has 1 aliphatic rings. The van der Waals surface area contributed by atoms with Crippen molar-refractivity contribution >= 4 is 11.3 Å². The van der Waals surface area contributed by atoms with Gasteiger partial charge in [-0.1, -0.05) is 45.1 Å². The zero-order chi connectivity index (χ0) is 15.0. The van der Waals surface area contributed by atoms with Crippen molar-refractivity contribution < 1.29 is 4.74 Å². The number of ether oxygens (including phenoxy) is 1. The van der Waals surface area contributed by atoms with Gasteiger partial charge in [0.2, 0.25) is 0 Å². The molecule has 2 atom stereocenters. The third kappa shape index (κ3) is 2.51. The normalized spacial score (nSPS) is 26.4. The Hall–Kier alpha value is -1.58. The number of rotatable bonds is 2. The number of hydrogen-bond donors (Lipinski definition) is 2. The van der Waals surface area contributed by atoms with E-state index >= 15 is 0 Å². The summed E-state index contributed by atoms with van der Waals surface area (Å²) in [5.41, 5.74) is 14.7. The molecule has 108 valence electrons. The van der Waals surface area contributed by atoms with Crippen LogP contribution in [-0.4, -0.2) is 18.8 Å². The van der Waals surface area contributed by atoms with Crippen LogP contribution in [0.1, 0.15) is 26.3 Å². The Labute approximate surface area is 121 Å². The average Bonchev–Trinajstić information content (AvgIpc) is 2.39. The van der Waals surface area contributed by atoms with E-state index in [-0.39, 0.29) is 11.5 Å². The minimum absolute atomic E-state index is 0.0900. The first-order valence-corrected chi connectivity index (χ1v) is 6.86. The monoisotopic (exact) mass is 272 g/mol. The highest BCUT2D eigenvalue weighted by atomic mass is 16.5. The molecule has 0 fully saturated rings. The number of benzene rings is 1. The molecule has 1 aromatic rings. The molecule has 0 radical (unpaired) electrons. The highest BCUT2D eigenvalue weighted by molar-refractivity contribution is 5.77. The molecule has 20 heavy (non-hydrogen) atoms. The lowest BCUT2D eigenvalue weighted by Crippen LogP contribution is -2.59. The molecule has 0 heterocycles. The van der Waals surface area contributed by atoms with E-state index in [2.05, 4.69) is 39.0 Å². The lowest BCUT2D eigenvalue weighted by Gasteiger charge is -2.45. The van der Waals surface area contributed by atoms with Crippen LogP contribution < -0.4 is 11.5 Å². The molecule has 0 spiro atoms. The van der Waals surface area contributed by atoms with Crippen molar-refractivity contribution in [2.45, 2.75) is 32.4 Å². The Morgan fingerprint density at radius 2 is 1.75 bits per heavy atom. The summed E-state index contributed by atoms with van der Waals surface area (Å²) >= 11 is 0. The van der Waals surface area contributed by atoms with Gasteiger partial charge in [0.1, 0.15) is 0 Å². The topological polar surface area (TPSA) is 61.3 Å². The van der Waals surface area contributed by atoms with Crippen LogP contribution in [0.4, 0.5) is 5.69 Å². The Morgan fingerprint density at radius 3 is 2.25 bits per heavy atom. The second-order valence-electron chi connectivity index (χ2n) is 6.42. The van der Waals surface area contributed by atoms with Crippen LogP contribution in [0.15, 0.2) is 42.5 Å². The first-order chi connectivity index (χ1) is 9.28. The van der Waals surface area contributed by atoms with Gasteiger partial charge in [0.05, 0.1) is 11.6 Å². The van der Waals surface area contributed by atoms with Crippen LogP contribution in [0.3, 0.4) is 0 Å². The van der Waals surface area contributed by atoms with Crippen molar-refractivity contribution in [3.63, 3.8) is 0 Å². The van der Waals surface area contributed by atoms with Crippen molar-refractivity contribution in [1.82, 2.24) is 0 Å². The highest BCUT2D eigenvalue weighted by Gasteiger charge is 2.44. The summed E-state index contributed by atoms with van der Waals surface area (Å²) in [6, 6.07) is 7.83. The maximum absolute atomic E-state index is 6.58. The second kappa shape index (κ2) is 5.08. The molecular weight excluding hydrogens is 248 g/mol. The van der Waals surface area contributed by atoms with Gasteiger partial charge in [-0.2, -0.15) is 0 Å². The zero-order valence-electron chi connectivity index (χ0n) is 12.7. The second-order valence-corrected chi connectivity index (χ2v) is 6.42. The molecule has 1 aromatic carbocycles. The summed E-state index contributed by atoms with van der Waals surface area (Å²) in [6.07, 6.45) is 6.08. The number of nitrogens with two attached hydrogens (primary N) is 2. The van der Waals surface area contributed by atoms with Crippen LogP contribution in [-0.2, 0) is 4.74 Å². The summed E-state index contributed by atoms with van der Waals surface area (Å²) in [5.74, 6) is 0. The number of hydrogen-bond acceptors (Lipinski definition) is 3. The summed E-state index contributed by atoms with van der Waals surface area (Å²) in [7, 11) is 1.70. The molecule has 4 N–H and O–H groups in total. The molecule has 0 saturated carbocycles. The molecule has 1 aliphatic carbocycles. The van der Waals surface area contributed by atoms with Crippen molar-refractivity contribution in [2.24, 2.45) is 11.1 Å². The number of allylic oxidation sites excluding steroid dienone is 2. The van der Waals surface area contributed by atoms with Crippen LogP contribution >= 0.6 is 0 Å². The van der Waals surface area contributed by atoms with Gasteiger partial charge in [0.25, 0.3) is 0 Å². The smallest absolute Gasteiger partial charge is 0.0981 e. The molecule has 2 rings (SSSR count). The third-order valence-electron chi connectivity index (χ3n) is 4.14. The third-order valence-corrected chi connectivity index (χ3v) is 4.14. The predicted molar refractivity (Wildman–Crippen MR) is 85.1 cm³/mol. The minimum atomic E-state index is -0.515. The van der Waals surface area contributed by atoms with Gasteiger partial charge < -0.3 is 16.2 Å². The lowest BCUT2D eigenvalue weighted by atomic mass is 9.68. The van der Waals surface area contributed by atoms with Crippen molar-refractivity contribution in [3.05, 3.63) is 48.1 Å². The Kier molecular flexibility index (Phi) is 3.76. The van der Waals surface area contributed by atoms with Crippen LogP contribution in [0.25, 0.3) is 5.57 Å².